The van der Waals surface area contributed by atoms with E-state index >= 15 is 0 Å². The Bertz CT molecular complexity index is 287. The monoisotopic (exact) mass is 207 g/mol. The van der Waals surface area contributed by atoms with Crippen molar-refractivity contribution >= 4 is 0 Å². The van der Waals surface area contributed by atoms with Crippen molar-refractivity contribution in [1.82, 2.24) is 14.8 Å². The molecule has 0 amide bonds. The van der Waals surface area contributed by atoms with Crippen LogP contribution in [0.2, 0.25) is 0 Å². The fourth-order valence-corrected chi connectivity index (χ4v) is 2.14. The van der Waals surface area contributed by atoms with Crippen LogP contribution in [0.4, 0.5) is 0 Å². The molecular weight excluding hydrogens is 186 g/mol. The van der Waals surface area contributed by atoms with Gasteiger partial charge < -0.3 is 14.8 Å². The van der Waals surface area contributed by atoms with Gasteiger partial charge in [-0.2, -0.15) is 0 Å². The largest absolute Gasteiger partial charge is 0.353 e. The fraction of sp³-hybridized carbons (Fsp3) is 0.667. The topological polar surface area (TPSA) is 20.2 Å². The summed E-state index contributed by atoms with van der Waals surface area (Å²) in [7, 11) is 2.09. The van der Waals surface area contributed by atoms with Crippen LogP contribution in [0.15, 0.2) is 18.3 Å². The van der Waals surface area contributed by atoms with Gasteiger partial charge in [0.05, 0.1) is 0 Å². The maximum Gasteiger partial charge on any atom is 0.0359 e. The lowest BCUT2D eigenvalue weighted by molar-refractivity contribution is 0.335. The first-order valence-corrected chi connectivity index (χ1v) is 5.89. The lowest BCUT2D eigenvalue weighted by atomic mass is 10.4. The van der Waals surface area contributed by atoms with Gasteiger partial charge in [-0.1, -0.05) is 0 Å². The number of likely N-dealkylation sites (tertiary alicyclic amines) is 1. The highest BCUT2D eigenvalue weighted by Gasteiger charge is 2.09. The first-order chi connectivity index (χ1) is 7.36. The molecule has 1 aliphatic rings. The molecule has 0 bridgehead atoms. The second-order valence-corrected chi connectivity index (χ2v) is 4.34. The van der Waals surface area contributed by atoms with E-state index in [1.54, 1.807) is 0 Å². The van der Waals surface area contributed by atoms with Crippen LogP contribution in [0.5, 0.6) is 0 Å². The van der Waals surface area contributed by atoms with Crippen LogP contribution in [0.25, 0.3) is 0 Å². The molecule has 1 aromatic rings. The summed E-state index contributed by atoms with van der Waals surface area (Å²) in [4.78, 5) is 2.54. The summed E-state index contributed by atoms with van der Waals surface area (Å²) in [6, 6.07) is 4.26. The van der Waals surface area contributed by atoms with Gasteiger partial charge in [-0.3, -0.25) is 0 Å². The fourth-order valence-electron chi connectivity index (χ4n) is 2.14. The minimum Gasteiger partial charge on any atom is -0.353 e. The van der Waals surface area contributed by atoms with E-state index in [1.807, 2.05) is 0 Å². The van der Waals surface area contributed by atoms with Gasteiger partial charge in [-0.25, -0.2) is 0 Å². The molecule has 1 aliphatic heterocycles. The van der Waals surface area contributed by atoms with Gasteiger partial charge in [0.15, 0.2) is 0 Å². The quantitative estimate of drug-likeness (QED) is 0.732. The molecule has 0 saturated carbocycles. The molecule has 1 fully saturated rings. The van der Waals surface area contributed by atoms with Gasteiger partial charge in [-0.15, -0.1) is 0 Å². The first-order valence-electron chi connectivity index (χ1n) is 5.89. The third-order valence-electron chi connectivity index (χ3n) is 3.16. The van der Waals surface area contributed by atoms with E-state index in [9.17, 15) is 0 Å². The Morgan fingerprint density at radius 1 is 1.33 bits per heavy atom. The molecule has 1 aromatic heterocycles. The van der Waals surface area contributed by atoms with Crippen LogP contribution in [-0.2, 0) is 13.6 Å². The van der Waals surface area contributed by atoms with Crippen LogP contribution in [0, 0.1) is 0 Å². The van der Waals surface area contributed by atoms with Crippen molar-refractivity contribution in [3.63, 3.8) is 0 Å². The van der Waals surface area contributed by atoms with Crippen molar-refractivity contribution in [1.29, 1.82) is 0 Å². The Balaban J connectivity index is 1.60. The second kappa shape index (κ2) is 5.33. The molecule has 0 atom stereocenters. The Kier molecular flexibility index (Phi) is 3.80. The van der Waals surface area contributed by atoms with Gasteiger partial charge in [0.2, 0.25) is 0 Å². The summed E-state index contributed by atoms with van der Waals surface area (Å²) in [5.74, 6) is 0. The molecule has 1 saturated heterocycles. The van der Waals surface area contributed by atoms with Crippen LogP contribution in [0.3, 0.4) is 0 Å². The molecule has 2 rings (SSSR count). The van der Waals surface area contributed by atoms with Gasteiger partial charge in [0.25, 0.3) is 0 Å². The van der Waals surface area contributed by atoms with Crippen LogP contribution in [-0.4, -0.2) is 35.6 Å². The molecule has 2 heterocycles. The Morgan fingerprint density at radius 3 is 2.80 bits per heavy atom. The van der Waals surface area contributed by atoms with Crippen LogP contribution >= 0.6 is 0 Å². The Hall–Kier alpha value is -0.800. The van der Waals surface area contributed by atoms with E-state index < -0.39 is 0 Å². The third kappa shape index (κ3) is 3.08. The minimum atomic E-state index is 0.983. The van der Waals surface area contributed by atoms with Crippen molar-refractivity contribution in [2.75, 3.05) is 26.2 Å². The summed E-state index contributed by atoms with van der Waals surface area (Å²) in [6.45, 7) is 5.88. The zero-order chi connectivity index (χ0) is 10.5. The van der Waals surface area contributed by atoms with E-state index in [-0.39, 0.29) is 0 Å². The first kappa shape index (κ1) is 10.7. The number of hydrogen-bond donors (Lipinski definition) is 1. The van der Waals surface area contributed by atoms with E-state index in [0.717, 1.165) is 13.1 Å². The van der Waals surface area contributed by atoms with Gasteiger partial charge in [-0.05, 0) is 38.1 Å². The Morgan fingerprint density at radius 2 is 2.13 bits per heavy atom. The predicted molar refractivity (Wildman–Crippen MR) is 62.8 cm³/mol. The summed E-state index contributed by atoms with van der Waals surface area (Å²) in [5.41, 5.74) is 1.36. The number of aromatic nitrogens is 1. The maximum absolute atomic E-state index is 3.49. The Labute approximate surface area is 92.1 Å². The van der Waals surface area contributed by atoms with E-state index in [2.05, 4.69) is 40.2 Å². The molecule has 0 unspecified atom stereocenters. The van der Waals surface area contributed by atoms with Crippen molar-refractivity contribution in [3.8, 4) is 0 Å². The zero-order valence-electron chi connectivity index (χ0n) is 9.58. The zero-order valence-corrected chi connectivity index (χ0v) is 9.58. The van der Waals surface area contributed by atoms with E-state index in [4.69, 9.17) is 0 Å². The number of hydrogen-bond acceptors (Lipinski definition) is 2. The van der Waals surface area contributed by atoms with Gasteiger partial charge in [0, 0.05) is 38.6 Å². The molecule has 1 N–H and O–H groups in total. The van der Waals surface area contributed by atoms with E-state index in [1.165, 1.54) is 38.2 Å². The summed E-state index contributed by atoms with van der Waals surface area (Å²) >= 11 is 0. The lowest BCUT2D eigenvalue weighted by Gasteiger charge is -2.14. The molecule has 0 spiro atoms. The molecule has 3 nitrogen and oxygen atoms in total. The lowest BCUT2D eigenvalue weighted by Crippen LogP contribution is -2.30. The highest BCUT2D eigenvalue weighted by atomic mass is 15.1. The maximum atomic E-state index is 3.49. The molecule has 3 heteroatoms. The van der Waals surface area contributed by atoms with Crippen molar-refractivity contribution < 1.29 is 0 Å². The molecule has 15 heavy (non-hydrogen) atoms. The molecule has 0 radical (unpaired) electrons. The summed E-state index contributed by atoms with van der Waals surface area (Å²) < 4.78 is 2.17. The SMILES string of the molecule is Cn1cccc1CNCCN1CCCC1. The summed E-state index contributed by atoms with van der Waals surface area (Å²) in [6.07, 6.45) is 4.87. The molecule has 84 valence electrons. The summed E-state index contributed by atoms with van der Waals surface area (Å²) in [5, 5.41) is 3.49. The number of rotatable bonds is 5. The van der Waals surface area contributed by atoms with Gasteiger partial charge in [0.1, 0.15) is 0 Å². The number of nitrogens with one attached hydrogen (secondary N) is 1. The normalized spacial score (nSPS) is 17.4. The van der Waals surface area contributed by atoms with Gasteiger partial charge >= 0.3 is 0 Å². The molecule has 0 aromatic carbocycles. The molecule has 0 aliphatic carbocycles. The molecular formula is C12H21N3. The van der Waals surface area contributed by atoms with Crippen molar-refractivity contribution in [3.05, 3.63) is 24.0 Å². The smallest absolute Gasteiger partial charge is 0.0359 e. The average Bonchev–Trinajstić information content (AvgIpc) is 2.85. The van der Waals surface area contributed by atoms with Crippen molar-refractivity contribution in [2.24, 2.45) is 7.05 Å². The minimum absolute atomic E-state index is 0.983. The number of nitrogens with zero attached hydrogens (tertiary/aromatic N) is 2. The predicted octanol–water partition coefficient (Wildman–Crippen LogP) is 1.21. The van der Waals surface area contributed by atoms with Crippen LogP contribution < -0.4 is 5.32 Å². The average molecular weight is 207 g/mol. The second-order valence-electron chi connectivity index (χ2n) is 4.34. The van der Waals surface area contributed by atoms with Crippen LogP contribution in [0.1, 0.15) is 18.5 Å². The highest BCUT2D eigenvalue weighted by molar-refractivity contribution is 5.05. The standard InChI is InChI=1S/C12H21N3/c1-14-7-4-5-12(14)11-13-6-10-15-8-2-3-9-15/h4-5,7,13H,2-3,6,8-11H2,1H3. The van der Waals surface area contributed by atoms with Crippen molar-refractivity contribution in [2.45, 2.75) is 19.4 Å². The number of aryl methyl sites for hydroxylation is 1. The highest BCUT2D eigenvalue weighted by Crippen LogP contribution is 2.05. The van der Waals surface area contributed by atoms with E-state index in [0.29, 0.717) is 0 Å². The third-order valence-corrected chi connectivity index (χ3v) is 3.16.